The Hall–Kier alpha value is -3.71. The number of ether oxygens (including phenoxy) is 2. The molecule has 1 aromatic heterocycles. The van der Waals surface area contributed by atoms with Gasteiger partial charge in [-0.1, -0.05) is 53.2 Å². The molecule has 0 radical (unpaired) electrons. The number of hydrogen-bond donors (Lipinski definition) is 0. The van der Waals surface area contributed by atoms with Crippen molar-refractivity contribution in [1.82, 2.24) is 4.98 Å². The largest absolute Gasteiger partial charge is 0.503 e. The lowest BCUT2D eigenvalue weighted by Gasteiger charge is -2.13. The van der Waals surface area contributed by atoms with Crippen LogP contribution in [0.4, 0.5) is 0 Å². The summed E-state index contributed by atoms with van der Waals surface area (Å²) < 4.78 is 9.96. The summed E-state index contributed by atoms with van der Waals surface area (Å²) in [7, 11) is 2.70. The smallest absolute Gasteiger partial charge is 0.341 e. The van der Waals surface area contributed by atoms with Gasteiger partial charge in [-0.3, -0.25) is 4.98 Å². The first kappa shape index (κ1) is 22.0. The number of esters is 1. The second kappa shape index (κ2) is 9.86. The Kier molecular flexibility index (Phi) is 6.99. The Morgan fingerprint density at radius 2 is 1.81 bits per heavy atom. The molecule has 2 aromatic carbocycles. The van der Waals surface area contributed by atoms with E-state index in [0.717, 1.165) is 10.8 Å². The molecule has 0 atom stereocenters. The highest BCUT2D eigenvalue weighted by Crippen LogP contribution is 2.27. The summed E-state index contributed by atoms with van der Waals surface area (Å²) in [5, 5.41) is 6.16. The fraction of sp³-hybridized carbons (Fsp3) is 0.130. The zero-order valence-electron chi connectivity index (χ0n) is 17.1. The number of methoxy groups -OCH3 is 2. The summed E-state index contributed by atoms with van der Waals surface area (Å²) >= 11 is 6.35. The predicted molar refractivity (Wildman–Crippen MR) is 118 cm³/mol. The number of oxime groups is 1. The van der Waals surface area contributed by atoms with Gasteiger partial charge in [0.05, 0.1) is 26.2 Å². The van der Waals surface area contributed by atoms with Crippen LogP contribution in [0.15, 0.2) is 66.1 Å². The van der Waals surface area contributed by atoms with Crippen molar-refractivity contribution in [3.05, 3.63) is 82.8 Å². The quantitative estimate of drug-likeness (QED) is 0.142. The van der Waals surface area contributed by atoms with Crippen LogP contribution in [0.25, 0.3) is 16.3 Å². The van der Waals surface area contributed by atoms with Crippen molar-refractivity contribution >= 4 is 45.6 Å². The van der Waals surface area contributed by atoms with Gasteiger partial charge in [-0.15, -0.1) is 0 Å². The van der Waals surface area contributed by atoms with Crippen LogP contribution in [0.2, 0.25) is 5.02 Å². The average Bonchev–Trinajstić information content (AvgIpc) is 2.78. The van der Waals surface area contributed by atoms with Crippen molar-refractivity contribution in [2.45, 2.75) is 6.92 Å². The molecule has 0 amide bonds. The Labute approximate surface area is 183 Å². The van der Waals surface area contributed by atoms with Crippen LogP contribution in [-0.4, -0.2) is 36.9 Å². The number of benzene rings is 2. The maximum Gasteiger partial charge on any atom is 0.341 e. The second-order valence-corrected chi connectivity index (χ2v) is 6.76. The van der Waals surface area contributed by atoms with Gasteiger partial charge in [0.2, 0.25) is 0 Å². The van der Waals surface area contributed by atoms with Crippen molar-refractivity contribution in [3.63, 3.8) is 0 Å². The minimum atomic E-state index is -0.602. The van der Waals surface area contributed by atoms with Gasteiger partial charge in [-0.25, -0.2) is 9.59 Å². The van der Waals surface area contributed by atoms with Crippen LogP contribution in [0.1, 0.15) is 23.7 Å². The van der Waals surface area contributed by atoms with Gasteiger partial charge < -0.3 is 14.3 Å². The number of carbonyl (C=O) groups excluding carboxylic acids is 2. The molecule has 1 heterocycles. The molecular formula is C23H19ClN2O5. The molecule has 158 valence electrons. The summed E-state index contributed by atoms with van der Waals surface area (Å²) in [5.41, 5.74) is 1.74. The monoisotopic (exact) mass is 438 g/mol. The zero-order valence-corrected chi connectivity index (χ0v) is 17.8. The number of nitrogens with zero attached hydrogens (tertiary/aromatic N) is 2. The number of fused-ring (bicyclic) bond motifs is 1. The van der Waals surface area contributed by atoms with Crippen molar-refractivity contribution in [2.75, 3.05) is 14.2 Å². The van der Waals surface area contributed by atoms with Gasteiger partial charge >= 0.3 is 11.9 Å². The molecule has 3 aromatic rings. The first-order chi connectivity index (χ1) is 15.0. The number of aromatic nitrogens is 1. The van der Waals surface area contributed by atoms with Gasteiger partial charge in [0.1, 0.15) is 11.3 Å². The number of rotatable bonds is 6. The normalized spacial score (nSPS) is 11.9. The minimum Gasteiger partial charge on any atom is -0.503 e. The van der Waals surface area contributed by atoms with Gasteiger partial charge in [-0.05, 0) is 12.1 Å². The molecule has 7 nitrogen and oxygen atoms in total. The van der Waals surface area contributed by atoms with E-state index in [4.69, 9.17) is 25.9 Å². The SMILES string of the molecule is COC=C(C(=O)OC)c1ccccc1C(=NOC(C)=O)c1cc2c(Cl)cccc2cn1. The highest BCUT2D eigenvalue weighted by molar-refractivity contribution is 6.35. The Morgan fingerprint density at radius 1 is 1.06 bits per heavy atom. The van der Waals surface area contributed by atoms with Crippen LogP contribution >= 0.6 is 11.6 Å². The highest BCUT2D eigenvalue weighted by atomic mass is 35.5. The Morgan fingerprint density at radius 3 is 2.48 bits per heavy atom. The number of pyridine rings is 1. The number of halogens is 1. The molecule has 0 aliphatic heterocycles. The zero-order chi connectivity index (χ0) is 22.4. The van der Waals surface area contributed by atoms with Crippen LogP contribution in [0, 0.1) is 0 Å². The fourth-order valence-corrected chi connectivity index (χ4v) is 3.22. The molecule has 0 bridgehead atoms. The van der Waals surface area contributed by atoms with Crippen molar-refractivity contribution < 1.29 is 23.9 Å². The molecule has 0 fully saturated rings. The first-order valence-electron chi connectivity index (χ1n) is 9.17. The highest BCUT2D eigenvalue weighted by Gasteiger charge is 2.22. The molecule has 0 saturated heterocycles. The van der Waals surface area contributed by atoms with Gasteiger partial charge in [0.15, 0.2) is 0 Å². The number of carbonyl (C=O) groups is 2. The second-order valence-electron chi connectivity index (χ2n) is 6.36. The van der Waals surface area contributed by atoms with Crippen LogP contribution in [-0.2, 0) is 23.9 Å². The standard InChI is InChI=1S/C23H19ClN2O5/c1-14(27)31-26-22(21-11-18-15(12-25-21)7-6-10-20(18)24)17-9-5-4-8-16(17)19(13-29-2)23(28)30-3/h4-13H,1-3H3. The predicted octanol–water partition coefficient (Wildman–Crippen LogP) is 4.36. The topological polar surface area (TPSA) is 87.1 Å². The lowest BCUT2D eigenvalue weighted by molar-refractivity contribution is -0.141. The van der Waals surface area contributed by atoms with E-state index in [2.05, 4.69) is 10.1 Å². The third kappa shape index (κ3) is 4.90. The summed E-state index contributed by atoms with van der Waals surface area (Å²) in [6.45, 7) is 1.24. The van der Waals surface area contributed by atoms with Crippen LogP contribution < -0.4 is 0 Å². The van der Waals surface area contributed by atoms with E-state index in [9.17, 15) is 9.59 Å². The fourth-order valence-electron chi connectivity index (χ4n) is 2.98. The van der Waals surface area contributed by atoms with Gasteiger partial charge in [0, 0.05) is 40.0 Å². The average molecular weight is 439 g/mol. The molecule has 0 saturated carbocycles. The van der Waals surface area contributed by atoms with Gasteiger partial charge in [-0.2, -0.15) is 0 Å². The third-order valence-corrected chi connectivity index (χ3v) is 4.66. The summed E-state index contributed by atoms with van der Waals surface area (Å²) in [4.78, 5) is 33.3. The maximum absolute atomic E-state index is 12.4. The summed E-state index contributed by atoms with van der Waals surface area (Å²) in [6, 6.07) is 14.2. The van der Waals surface area contributed by atoms with E-state index in [0.29, 0.717) is 21.8 Å². The van der Waals surface area contributed by atoms with Crippen molar-refractivity contribution in [2.24, 2.45) is 5.16 Å². The molecule has 8 heteroatoms. The molecule has 3 rings (SSSR count). The molecule has 0 spiro atoms. The molecule has 0 aliphatic rings. The summed E-state index contributed by atoms with van der Waals surface area (Å²) in [5.74, 6) is -1.20. The third-order valence-electron chi connectivity index (χ3n) is 4.33. The maximum atomic E-state index is 12.4. The van der Waals surface area contributed by atoms with Crippen LogP contribution in [0.3, 0.4) is 0 Å². The molecule has 31 heavy (non-hydrogen) atoms. The van der Waals surface area contributed by atoms with Gasteiger partial charge in [0.25, 0.3) is 0 Å². The van der Waals surface area contributed by atoms with E-state index in [1.807, 2.05) is 12.1 Å². The molecule has 0 N–H and O–H groups in total. The van der Waals surface area contributed by atoms with Crippen LogP contribution in [0.5, 0.6) is 0 Å². The summed E-state index contributed by atoms with van der Waals surface area (Å²) in [6.07, 6.45) is 2.92. The lowest BCUT2D eigenvalue weighted by Crippen LogP contribution is -2.13. The van der Waals surface area contributed by atoms with Crippen molar-refractivity contribution in [1.29, 1.82) is 0 Å². The van der Waals surface area contributed by atoms with E-state index in [1.54, 1.807) is 42.6 Å². The molecule has 0 aliphatic carbocycles. The Balaban J connectivity index is 2.26. The lowest BCUT2D eigenvalue weighted by atomic mass is 9.95. The Bertz CT molecular complexity index is 1200. The van der Waals surface area contributed by atoms with Crippen molar-refractivity contribution in [3.8, 4) is 0 Å². The number of hydrogen-bond acceptors (Lipinski definition) is 7. The van der Waals surface area contributed by atoms with E-state index >= 15 is 0 Å². The minimum absolute atomic E-state index is 0.162. The molecular weight excluding hydrogens is 420 g/mol. The first-order valence-corrected chi connectivity index (χ1v) is 9.55. The van der Waals surface area contributed by atoms with E-state index in [1.165, 1.54) is 27.4 Å². The molecule has 0 unspecified atom stereocenters. The van der Waals surface area contributed by atoms with E-state index in [-0.39, 0.29) is 11.3 Å². The van der Waals surface area contributed by atoms with E-state index < -0.39 is 11.9 Å².